The Hall–Kier alpha value is -1.91. The molecular formula is C12H14N4O. The Kier molecular flexibility index (Phi) is 2.14. The van der Waals surface area contributed by atoms with E-state index >= 15 is 0 Å². The largest absolute Gasteiger partial charge is 0.367 e. The fraction of sp³-hybridized carbons (Fsp3) is 0.417. The quantitative estimate of drug-likeness (QED) is 0.817. The van der Waals surface area contributed by atoms with Gasteiger partial charge in [-0.05, 0) is 26.7 Å². The molecule has 0 unspecified atom stereocenters. The molecule has 1 aliphatic carbocycles. The van der Waals surface area contributed by atoms with Crippen molar-refractivity contribution in [1.82, 2.24) is 14.6 Å². The predicted octanol–water partition coefficient (Wildman–Crippen LogP) is 1.81. The number of nitrogens with one attached hydrogen (secondary N) is 1. The van der Waals surface area contributed by atoms with Gasteiger partial charge >= 0.3 is 0 Å². The highest BCUT2D eigenvalue weighted by Gasteiger charge is 2.22. The van der Waals surface area contributed by atoms with Crippen molar-refractivity contribution in [2.45, 2.75) is 32.7 Å². The van der Waals surface area contributed by atoms with Gasteiger partial charge in [0.25, 0.3) is 0 Å². The molecular weight excluding hydrogens is 216 g/mol. The van der Waals surface area contributed by atoms with E-state index < -0.39 is 0 Å². The molecule has 1 aliphatic rings. The smallest absolute Gasteiger partial charge is 0.168 e. The van der Waals surface area contributed by atoms with Gasteiger partial charge in [0, 0.05) is 17.8 Å². The van der Waals surface area contributed by atoms with Gasteiger partial charge in [-0.25, -0.2) is 9.50 Å². The van der Waals surface area contributed by atoms with Crippen LogP contribution in [0.25, 0.3) is 5.65 Å². The van der Waals surface area contributed by atoms with Crippen molar-refractivity contribution in [2.75, 3.05) is 5.32 Å². The van der Waals surface area contributed by atoms with Crippen LogP contribution in [0.1, 0.15) is 35.8 Å². The summed E-state index contributed by atoms with van der Waals surface area (Å²) >= 11 is 0. The van der Waals surface area contributed by atoms with E-state index in [1.165, 1.54) is 19.8 Å². The molecule has 2 heterocycles. The Morgan fingerprint density at radius 1 is 1.53 bits per heavy atom. The Bertz CT molecular complexity index is 598. The van der Waals surface area contributed by atoms with Gasteiger partial charge in [-0.15, -0.1) is 0 Å². The third-order valence-corrected chi connectivity index (χ3v) is 2.96. The van der Waals surface area contributed by atoms with E-state index in [0.717, 1.165) is 11.5 Å². The van der Waals surface area contributed by atoms with E-state index in [0.29, 0.717) is 17.3 Å². The minimum Gasteiger partial charge on any atom is -0.367 e. The summed E-state index contributed by atoms with van der Waals surface area (Å²) in [5.41, 5.74) is 2.19. The molecule has 0 aromatic carbocycles. The Balaban J connectivity index is 2.13. The summed E-state index contributed by atoms with van der Waals surface area (Å²) in [6.45, 7) is 3.50. The number of fused-ring (bicyclic) bond motifs is 1. The maximum Gasteiger partial charge on any atom is 0.168 e. The van der Waals surface area contributed by atoms with Gasteiger partial charge in [0.15, 0.2) is 11.4 Å². The van der Waals surface area contributed by atoms with Crippen LogP contribution in [0.2, 0.25) is 0 Å². The highest BCUT2D eigenvalue weighted by atomic mass is 16.1. The summed E-state index contributed by atoms with van der Waals surface area (Å²) in [4.78, 5) is 15.9. The lowest BCUT2D eigenvalue weighted by Crippen LogP contribution is -2.07. The van der Waals surface area contributed by atoms with Crippen molar-refractivity contribution < 1.29 is 4.79 Å². The van der Waals surface area contributed by atoms with Gasteiger partial charge in [-0.2, -0.15) is 5.10 Å². The molecule has 2 aromatic heterocycles. The SMILES string of the molecule is CC(=O)c1cnn2c(C)cc(NC3CC3)nc12. The molecule has 17 heavy (non-hydrogen) atoms. The first-order chi connectivity index (χ1) is 8.15. The van der Waals surface area contributed by atoms with E-state index in [9.17, 15) is 4.79 Å². The number of anilines is 1. The number of nitrogens with zero attached hydrogens (tertiary/aromatic N) is 3. The van der Waals surface area contributed by atoms with Gasteiger partial charge in [0.1, 0.15) is 5.82 Å². The molecule has 0 radical (unpaired) electrons. The molecule has 0 saturated heterocycles. The number of ketones is 1. The number of rotatable bonds is 3. The topological polar surface area (TPSA) is 59.3 Å². The Morgan fingerprint density at radius 3 is 2.94 bits per heavy atom. The van der Waals surface area contributed by atoms with Crippen molar-refractivity contribution in [3.05, 3.63) is 23.5 Å². The minimum atomic E-state index is -0.00419. The zero-order valence-electron chi connectivity index (χ0n) is 9.90. The van der Waals surface area contributed by atoms with Gasteiger partial charge in [0.2, 0.25) is 0 Å². The highest BCUT2D eigenvalue weighted by molar-refractivity contribution is 5.99. The van der Waals surface area contributed by atoms with Crippen LogP contribution < -0.4 is 5.32 Å². The molecule has 0 aliphatic heterocycles. The van der Waals surface area contributed by atoms with Crippen molar-refractivity contribution in [3.63, 3.8) is 0 Å². The first-order valence-electron chi connectivity index (χ1n) is 5.78. The van der Waals surface area contributed by atoms with Gasteiger partial charge in [-0.1, -0.05) is 0 Å². The van der Waals surface area contributed by atoms with Gasteiger partial charge in [-0.3, -0.25) is 4.79 Å². The summed E-state index contributed by atoms with van der Waals surface area (Å²) in [6, 6.07) is 2.51. The lowest BCUT2D eigenvalue weighted by Gasteiger charge is -2.06. The number of aryl methyl sites for hydroxylation is 1. The molecule has 5 nitrogen and oxygen atoms in total. The lowest BCUT2D eigenvalue weighted by atomic mass is 10.2. The second-order valence-corrected chi connectivity index (χ2v) is 4.55. The van der Waals surface area contributed by atoms with Crippen molar-refractivity contribution in [2.24, 2.45) is 0 Å². The van der Waals surface area contributed by atoms with Crippen LogP contribution >= 0.6 is 0 Å². The number of hydrogen-bond donors (Lipinski definition) is 1. The number of carbonyl (C=O) groups is 1. The maximum absolute atomic E-state index is 11.5. The zero-order chi connectivity index (χ0) is 12.0. The number of aromatic nitrogens is 3. The van der Waals surface area contributed by atoms with Gasteiger partial charge in [0.05, 0.1) is 11.8 Å². The summed E-state index contributed by atoms with van der Waals surface area (Å²) < 4.78 is 1.70. The average Bonchev–Trinajstić information content (AvgIpc) is 2.95. The lowest BCUT2D eigenvalue weighted by molar-refractivity contribution is 0.101. The zero-order valence-corrected chi connectivity index (χ0v) is 9.90. The molecule has 88 valence electrons. The first kappa shape index (κ1) is 10.3. The second kappa shape index (κ2) is 3.55. The Labute approximate surface area is 98.9 Å². The van der Waals surface area contributed by atoms with Gasteiger partial charge < -0.3 is 5.32 Å². The molecule has 0 atom stereocenters. The van der Waals surface area contributed by atoms with Crippen molar-refractivity contribution >= 4 is 17.2 Å². The summed E-state index contributed by atoms with van der Waals surface area (Å²) in [6.07, 6.45) is 3.98. The summed E-state index contributed by atoms with van der Waals surface area (Å²) in [7, 11) is 0. The number of Topliss-reactive ketones (excluding diaryl/α,β-unsaturated/α-hetero) is 1. The first-order valence-corrected chi connectivity index (χ1v) is 5.78. The van der Waals surface area contributed by atoms with Crippen LogP contribution in [-0.2, 0) is 0 Å². The van der Waals surface area contributed by atoms with E-state index in [2.05, 4.69) is 15.4 Å². The van der Waals surface area contributed by atoms with E-state index in [1.54, 1.807) is 10.7 Å². The van der Waals surface area contributed by atoms with Crippen LogP contribution in [0.5, 0.6) is 0 Å². The fourth-order valence-corrected chi connectivity index (χ4v) is 1.87. The van der Waals surface area contributed by atoms with Crippen LogP contribution in [0.4, 0.5) is 5.82 Å². The molecule has 1 N–H and O–H groups in total. The monoisotopic (exact) mass is 230 g/mol. The Morgan fingerprint density at radius 2 is 2.29 bits per heavy atom. The van der Waals surface area contributed by atoms with E-state index in [1.807, 2.05) is 13.0 Å². The molecule has 1 fully saturated rings. The molecule has 5 heteroatoms. The van der Waals surface area contributed by atoms with Crippen molar-refractivity contribution in [1.29, 1.82) is 0 Å². The predicted molar refractivity (Wildman–Crippen MR) is 64.4 cm³/mol. The van der Waals surface area contributed by atoms with Crippen LogP contribution in [0.15, 0.2) is 12.3 Å². The van der Waals surface area contributed by atoms with Crippen LogP contribution in [0, 0.1) is 6.92 Å². The normalized spacial score (nSPS) is 15.2. The molecule has 1 saturated carbocycles. The van der Waals surface area contributed by atoms with E-state index in [-0.39, 0.29) is 5.78 Å². The third-order valence-electron chi connectivity index (χ3n) is 2.96. The molecule has 3 rings (SSSR count). The number of carbonyl (C=O) groups excluding carboxylic acids is 1. The average molecular weight is 230 g/mol. The minimum absolute atomic E-state index is 0.00419. The fourth-order valence-electron chi connectivity index (χ4n) is 1.87. The second-order valence-electron chi connectivity index (χ2n) is 4.55. The molecule has 0 bridgehead atoms. The molecule has 2 aromatic rings. The number of hydrogen-bond acceptors (Lipinski definition) is 4. The van der Waals surface area contributed by atoms with Crippen LogP contribution in [-0.4, -0.2) is 26.4 Å². The molecule has 0 amide bonds. The summed E-state index contributed by atoms with van der Waals surface area (Å²) in [5, 5.41) is 7.52. The summed E-state index contributed by atoms with van der Waals surface area (Å²) in [5.74, 6) is 0.830. The standard InChI is InChI=1S/C12H14N4O/c1-7-5-11(14-9-3-4-9)15-12-10(8(2)17)6-13-16(7)12/h5-6,9H,3-4H2,1-2H3,(H,14,15). The highest BCUT2D eigenvalue weighted by Crippen LogP contribution is 2.24. The third kappa shape index (κ3) is 1.77. The van der Waals surface area contributed by atoms with Crippen LogP contribution in [0.3, 0.4) is 0 Å². The molecule has 0 spiro atoms. The van der Waals surface area contributed by atoms with Crippen molar-refractivity contribution in [3.8, 4) is 0 Å². The maximum atomic E-state index is 11.5. The van der Waals surface area contributed by atoms with E-state index in [4.69, 9.17) is 0 Å².